The van der Waals surface area contributed by atoms with E-state index in [1.165, 1.54) is 88.6 Å². The molecule has 0 atom stereocenters. The molecule has 212 valence electrons. The normalized spacial score (nSPS) is 13.5. The van der Waals surface area contributed by atoms with Crippen LogP contribution in [0.4, 0.5) is 34.1 Å². The third-order valence-electron chi connectivity index (χ3n) is 10.3. The van der Waals surface area contributed by atoms with Crippen LogP contribution in [0.5, 0.6) is 0 Å². The predicted molar refractivity (Wildman–Crippen MR) is 195 cm³/mol. The molecule has 0 saturated carbocycles. The maximum atomic E-state index is 2.51. The van der Waals surface area contributed by atoms with E-state index in [4.69, 9.17) is 0 Å². The van der Waals surface area contributed by atoms with Gasteiger partial charge in [0.25, 0.3) is 6.71 Å². The molecule has 4 heterocycles. The minimum Gasteiger partial charge on any atom is -0.311 e. The third kappa shape index (κ3) is 2.99. The number of nitrogens with zero attached hydrogens (tertiary/aromatic N) is 3. The van der Waals surface area contributed by atoms with Crippen LogP contribution >= 0.6 is 0 Å². The van der Waals surface area contributed by atoms with Crippen LogP contribution in [-0.2, 0) is 0 Å². The van der Waals surface area contributed by atoms with Gasteiger partial charge in [0.2, 0.25) is 0 Å². The Morgan fingerprint density at radius 1 is 0.370 bits per heavy atom. The molecule has 0 saturated heterocycles. The lowest BCUT2D eigenvalue weighted by molar-refractivity contribution is 1.25. The van der Waals surface area contributed by atoms with Gasteiger partial charge in [-0.1, -0.05) is 103 Å². The van der Waals surface area contributed by atoms with E-state index >= 15 is 0 Å². The van der Waals surface area contributed by atoms with Gasteiger partial charge in [-0.05, 0) is 71.0 Å². The van der Waals surface area contributed by atoms with Crippen LogP contribution in [0.1, 0.15) is 0 Å². The van der Waals surface area contributed by atoms with Crippen molar-refractivity contribution in [3.8, 4) is 0 Å². The van der Waals surface area contributed by atoms with Crippen LogP contribution in [0.3, 0.4) is 0 Å². The summed E-state index contributed by atoms with van der Waals surface area (Å²) >= 11 is 0. The first kappa shape index (κ1) is 24.3. The molecular formula is C42H26BN3. The van der Waals surface area contributed by atoms with E-state index in [1.807, 2.05) is 0 Å². The number of hydrogen-bond donors (Lipinski definition) is 0. The van der Waals surface area contributed by atoms with Crippen LogP contribution in [-0.4, -0.2) is 11.1 Å². The second-order valence-electron chi connectivity index (χ2n) is 12.5. The number of fused-ring (bicyclic) bond motifs is 10. The topological polar surface area (TPSA) is 10.9 Å². The molecule has 2 aromatic heterocycles. The summed E-state index contributed by atoms with van der Waals surface area (Å²) in [6.45, 7) is 0.0959. The molecule has 4 heteroatoms. The Labute approximate surface area is 266 Å². The lowest BCUT2D eigenvalue weighted by Crippen LogP contribution is -2.61. The minimum atomic E-state index is 0.0959. The fourth-order valence-corrected chi connectivity index (χ4v) is 8.52. The number of anilines is 6. The van der Waals surface area contributed by atoms with Crippen LogP contribution in [0.2, 0.25) is 0 Å². The Bertz CT molecular complexity index is 2660. The third-order valence-corrected chi connectivity index (χ3v) is 10.3. The van der Waals surface area contributed by atoms with E-state index < -0.39 is 0 Å². The zero-order valence-corrected chi connectivity index (χ0v) is 24.9. The van der Waals surface area contributed by atoms with Gasteiger partial charge in [-0.2, -0.15) is 0 Å². The van der Waals surface area contributed by atoms with Gasteiger partial charge in [-0.25, -0.2) is 0 Å². The van der Waals surface area contributed by atoms with Gasteiger partial charge < -0.3 is 14.2 Å². The molecule has 0 aliphatic carbocycles. The van der Waals surface area contributed by atoms with Gasteiger partial charge in [0.05, 0.1) is 16.6 Å². The molecule has 0 amide bonds. The molecule has 0 spiro atoms. The molecule has 2 aliphatic rings. The minimum absolute atomic E-state index is 0.0959. The maximum absolute atomic E-state index is 2.51. The largest absolute Gasteiger partial charge is 0.311 e. The lowest BCUT2D eigenvalue weighted by Gasteiger charge is -2.44. The Morgan fingerprint density at radius 3 is 1.70 bits per heavy atom. The van der Waals surface area contributed by atoms with E-state index in [9.17, 15) is 0 Å². The van der Waals surface area contributed by atoms with Crippen molar-refractivity contribution in [1.82, 2.24) is 4.40 Å². The Balaban J connectivity index is 1.30. The Kier molecular flexibility index (Phi) is 4.66. The quantitative estimate of drug-likeness (QED) is 0.188. The van der Waals surface area contributed by atoms with E-state index in [-0.39, 0.29) is 6.71 Å². The maximum Gasteiger partial charge on any atom is 0.252 e. The molecule has 0 N–H and O–H groups in total. The number of benzene rings is 7. The smallest absolute Gasteiger partial charge is 0.252 e. The summed E-state index contributed by atoms with van der Waals surface area (Å²) < 4.78 is 2.50. The van der Waals surface area contributed by atoms with Crippen LogP contribution < -0.4 is 26.2 Å². The summed E-state index contributed by atoms with van der Waals surface area (Å²) in [5.74, 6) is 0. The molecule has 2 aliphatic heterocycles. The molecule has 0 fully saturated rings. The van der Waals surface area contributed by atoms with Gasteiger partial charge in [0.1, 0.15) is 0 Å². The van der Waals surface area contributed by atoms with Crippen molar-refractivity contribution in [3.05, 3.63) is 158 Å². The van der Waals surface area contributed by atoms with E-state index in [1.54, 1.807) is 0 Å². The van der Waals surface area contributed by atoms with E-state index in [2.05, 4.69) is 172 Å². The van der Waals surface area contributed by atoms with Crippen molar-refractivity contribution in [2.24, 2.45) is 0 Å². The molecule has 46 heavy (non-hydrogen) atoms. The molecule has 9 aromatic rings. The monoisotopic (exact) mass is 583 g/mol. The Morgan fingerprint density at radius 2 is 0.935 bits per heavy atom. The van der Waals surface area contributed by atoms with Gasteiger partial charge >= 0.3 is 0 Å². The van der Waals surface area contributed by atoms with Crippen molar-refractivity contribution in [2.75, 3.05) is 9.80 Å². The molecular weight excluding hydrogens is 557 g/mol. The highest BCUT2D eigenvalue weighted by molar-refractivity contribution is 7.00. The summed E-state index contributed by atoms with van der Waals surface area (Å²) in [5, 5.41) is 5.24. The van der Waals surface area contributed by atoms with Gasteiger partial charge in [0, 0.05) is 55.7 Å². The number of aromatic nitrogens is 1. The number of hydrogen-bond acceptors (Lipinski definition) is 2. The zero-order valence-electron chi connectivity index (χ0n) is 24.9. The lowest BCUT2D eigenvalue weighted by atomic mass is 9.33. The first-order valence-corrected chi connectivity index (χ1v) is 16.0. The molecule has 0 radical (unpaired) electrons. The number of para-hydroxylation sites is 5. The van der Waals surface area contributed by atoms with Crippen LogP contribution in [0.15, 0.2) is 158 Å². The summed E-state index contributed by atoms with van der Waals surface area (Å²) in [5.41, 5.74) is 15.1. The Hall–Kier alpha value is -6.00. The van der Waals surface area contributed by atoms with Crippen molar-refractivity contribution < 1.29 is 0 Å². The van der Waals surface area contributed by atoms with Crippen molar-refractivity contribution in [1.29, 1.82) is 0 Å². The fraction of sp³-hybridized carbons (Fsp3) is 0. The average Bonchev–Trinajstić information content (AvgIpc) is 3.63. The van der Waals surface area contributed by atoms with Crippen LogP contribution in [0.25, 0.3) is 38.1 Å². The SMILES string of the molecule is c1ccc(N2c3ccccc3B3c4cc5c6cccc7c8ccccc8n(c5cc4N(c4ccccc4)c4cccc2c43)c76)cc1. The van der Waals surface area contributed by atoms with Crippen LogP contribution in [0, 0.1) is 0 Å². The van der Waals surface area contributed by atoms with E-state index in [0.717, 1.165) is 0 Å². The second-order valence-corrected chi connectivity index (χ2v) is 12.5. The highest BCUT2D eigenvalue weighted by Crippen LogP contribution is 2.46. The van der Waals surface area contributed by atoms with Crippen molar-refractivity contribution >= 4 is 95.3 Å². The predicted octanol–water partition coefficient (Wildman–Crippen LogP) is 8.92. The molecule has 0 unspecified atom stereocenters. The molecule has 7 aromatic carbocycles. The first-order chi connectivity index (χ1) is 22.9. The summed E-state index contributed by atoms with van der Waals surface area (Å²) in [6, 6.07) is 58.1. The molecule has 0 bridgehead atoms. The number of rotatable bonds is 2. The average molecular weight is 584 g/mol. The fourth-order valence-electron chi connectivity index (χ4n) is 8.52. The zero-order chi connectivity index (χ0) is 29.9. The summed E-state index contributed by atoms with van der Waals surface area (Å²) in [6.07, 6.45) is 0. The van der Waals surface area contributed by atoms with Gasteiger partial charge in [-0.15, -0.1) is 0 Å². The van der Waals surface area contributed by atoms with Gasteiger partial charge in [-0.3, -0.25) is 0 Å². The second kappa shape index (κ2) is 8.80. The van der Waals surface area contributed by atoms with Crippen molar-refractivity contribution in [2.45, 2.75) is 0 Å². The van der Waals surface area contributed by atoms with Gasteiger partial charge in [0.15, 0.2) is 0 Å². The van der Waals surface area contributed by atoms with Crippen molar-refractivity contribution in [3.63, 3.8) is 0 Å². The highest BCUT2D eigenvalue weighted by Gasteiger charge is 2.43. The van der Waals surface area contributed by atoms with E-state index in [0.29, 0.717) is 0 Å². The summed E-state index contributed by atoms with van der Waals surface area (Å²) in [7, 11) is 0. The first-order valence-electron chi connectivity index (χ1n) is 16.0. The highest BCUT2D eigenvalue weighted by atomic mass is 15.2. The summed E-state index contributed by atoms with van der Waals surface area (Å²) in [4.78, 5) is 4.94. The standard InChI is InChI=1S/C42H26BN3/c1-3-13-27(14-4-1)44-36-22-10-8-20-33(36)43-34-25-32-31-19-11-18-30-29-17-7-9-21-35(29)46(42(30)31)39(32)26-40(34)45(28-15-5-2-6-16-28)38-24-12-23-37(44)41(38)43/h1-26H. The molecule has 3 nitrogen and oxygen atoms in total. The molecule has 11 rings (SSSR count).